The molecule has 0 radical (unpaired) electrons. The summed E-state index contributed by atoms with van der Waals surface area (Å²) in [7, 11) is 1.57. The topological polar surface area (TPSA) is 93.7 Å². The van der Waals surface area contributed by atoms with Crippen molar-refractivity contribution >= 4 is 0 Å². The van der Waals surface area contributed by atoms with Gasteiger partial charge >= 0.3 is 0 Å². The fourth-order valence-corrected chi connectivity index (χ4v) is 4.24. The smallest absolute Gasteiger partial charge is 0.184 e. The fourth-order valence-electron chi connectivity index (χ4n) is 4.24. The molecule has 2 heterocycles. The maximum Gasteiger partial charge on any atom is 0.184 e. The third-order valence-electron chi connectivity index (χ3n) is 5.89. The second-order valence-corrected chi connectivity index (χ2v) is 7.96. The maximum absolute atomic E-state index is 9.17. The summed E-state index contributed by atoms with van der Waals surface area (Å²) in [5, 5.41) is 18.3. The fraction of sp³-hybridized carbons (Fsp3) is 0.385. The standard InChI is InChI=1S/C26H26N2O5/c1-29-26-21(13-12-19(14-27)15-28)23(30-16-18-8-4-2-5-9-18)24-22(32-26)17-31-25(33-24)20-10-6-3-7-11-20/h2-12,21-26H,13,16-17H2,1H3/t21-,22+,23-,24+,25?,26-/m0/s1. The van der Waals surface area contributed by atoms with Crippen molar-refractivity contribution in [3.05, 3.63) is 83.4 Å². The number of hydrogen-bond acceptors (Lipinski definition) is 7. The molecular weight excluding hydrogens is 420 g/mol. The Labute approximate surface area is 193 Å². The molecule has 2 aliphatic heterocycles. The molecule has 170 valence electrons. The van der Waals surface area contributed by atoms with E-state index < -0.39 is 24.8 Å². The van der Waals surface area contributed by atoms with Crippen molar-refractivity contribution < 1.29 is 23.7 Å². The average Bonchev–Trinajstić information content (AvgIpc) is 2.88. The summed E-state index contributed by atoms with van der Waals surface area (Å²) in [5.74, 6) is -0.286. The highest BCUT2D eigenvalue weighted by Crippen LogP contribution is 2.39. The van der Waals surface area contributed by atoms with Crippen LogP contribution in [-0.4, -0.2) is 38.3 Å². The van der Waals surface area contributed by atoms with Gasteiger partial charge in [0.1, 0.15) is 29.9 Å². The molecule has 0 saturated carbocycles. The van der Waals surface area contributed by atoms with Gasteiger partial charge in [-0.2, -0.15) is 10.5 Å². The lowest BCUT2D eigenvalue weighted by Gasteiger charge is -2.49. The third kappa shape index (κ3) is 5.48. The minimum Gasteiger partial charge on any atom is -0.370 e. The summed E-state index contributed by atoms with van der Waals surface area (Å²) < 4.78 is 30.6. The van der Waals surface area contributed by atoms with E-state index >= 15 is 0 Å². The minimum atomic E-state index is -0.595. The van der Waals surface area contributed by atoms with Crippen LogP contribution < -0.4 is 0 Å². The molecule has 0 bridgehead atoms. The number of methoxy groups -OCH3 is 1. The second kappa shape index (κ2) is 11.2. The van der Waals surface area contributed by atoms with Crippen LogP contribution in [0.2, 0.25) is 0 Å². The Morgan fingerprint density at radius 1 is 1.03 bits per heavy atom. The van der Waals surface area contributed by atoms with Crippen LogP contribution in [-0.2, 0) is 30.3 Å². The van der Waals surface area contributed by atoms with Gasteiger partial charge in [-0.1, -0.05) is 66.7 Å². The highest BCUT2D eigenvalue weighted by molar-refractivity contribution is 5.35. The van der Waals surface area contributed by atoms with Gasteiger partial charge in [-0.05, 0) is 12.0 Å². The number of hydrogen-bond donors (Lipinski definition) is 0. The van der Waals surface area contributed by atoms with Gasteiger partial charge in [0.05, 0.1) is 19.3 Å². The molecule has 2 aliphatic rings. The maximum atomic E-state index is 9.17. The largest absolute Gasteiger partial charge is 0.370 e. The Balaban J connectivity index is 1.61. The molecule has 1 unspecified atom stereocenters. The number of nitriles is 2. The molecule has 2 saturated heterocycles. The molecule has 7 heteroatoms. The molecule has 0 aromatic heterocycles. The van der Waals surface area contributed by atoms with Gasteiger partial charge in [0, 0.05) is 18.6 Å². The molecule has 2 aromatic carbocycles. The van der Waals surface area contributed by atoms with E-state index in [0.717, 1.165) is 11.1 Å². The first-order valence-corrected chi connectivity index (χ1v) is 10.9. The lowest BCUT2D eigenvalue weighted by molar-refractivity contribution is -0.356. The number of benzene rings is 2. The van der Waals surface area contributed by atoms with Gasteiger partial charge in [-0.15, -0.1) is 0 Å². The van der Waals surface area contributed by atoms with Crippen LogP contribution in [0.15, 0.2) is 72.3 Å². The zero-order valence-corrected chi connectivity index (χ0v) is 18.4. The van der Waals surface area contributed by atoms with E-state index in [1.165, 1.54) is 0 Å². The molecule has 6 atom stereocenters. The lowest BCUT2D eigenvalue weighted by atomic mass is 9.87. The molecule has 0 N–H and O–H groups in total. The monoisotopic (exact) mass is 446 g/mol. The van der Waals surface area contributed by atoms with Crippen LogP contribution in [0.5, 0.6) is 0 Å². The third-order valence-corrected chi connectivity index (χ3v) is 5.89. The summed E-state index contributed by atoms with van der Waals surface area (Å²) in [6.07, 6.45) is -0.345. The first kappa shape index (κ1) is 23.1. The number of fused-ring (bicyclic) bond motifs is 1. The summed E-state index contributed by atoms with van der Waals surface area (Å²) in [4.78, 5) is 0. The minimum absolute atomic E-state index is 0.0452. The van der Waals surface area contributed by atoms with Crippen LogP contribution in [0, 0.1) is 28.6 Å². The number of allylic oxidation sites excluding steroid dienone is 2. The van der Waals surface area contributed by atoms with E-state index in [9.17, 15) is 0 Å². The summed E-state index contributed by atoms with van der Waals surface area (Å²) in [6, 6.07) is 23.4. The molecule has 0 amide bonds. The van der Waals surface area contributed by atoms with Gasteiger partial charge in [-0.25, -0.2) is 0 Å². The van der Waals surface area contributed by atoms with Gasteiger partial charge in [-0.3, -0.25) is 0 Å². The molecule has 4 rings (SSSR count). The SMILES string of the molecule is CO[C@H]1O[C@@H]2COC(c3ccccc3)O[C@H]2[C@@H](OCc2ccccc2)[C@@H]1CC=C(C#N)C#N. The summed E-state index contributed by atoms with van der Waals surface area (Å²) in [6.45, 7) is 0.717. The molecule has 33 heavy (non-hydrogen) atoms. The lowest BCUT2D eigenvalue weighted by Crippen LogP contribution is -2.60. The molecule has 7 nitrogen and oxygen atoms in total. The quantitative estimate of drug-likeness (QED) is 0.593. The first-order valence-electron chi connectivity index (χ1n) is 10.9. The van der Waals surface area contributed by atoms with E-state index in [4.69, 9.17) is 34.2 Å². The molecule has 2 fully saturated rings. The Morgan fingerprint density at radius 2 is 1.73 bits per heavy atom. The van der Waals surface area contributed by atoms with Crippen molar-refractivity contribution in [2.24, 2.45) is 5.92 Å². The van der Waals surface area contributed by atoms with E-state index in [-0.39, 0.29) is 17.6 Å². The van der Waals surface area contributed by atoms with Crippen LogP contribution in [0.25, 0.3) is 0 Å². The molecule has 0 spiro atoms. The molecule has 0 aliphatic carbocycles. The highest BCUT2D eigenvalue weighted by atomic mass is 16.7. The average molecular weight is 447 g/mol. The Bertz CT molecular complexity index is 998. The Kier molecular flexibility index (Phi) is 7.85. The van der Waals surface area contributed by atoms with Crippen molar-refractivity contribution in [3.8, 4) is 12.1 Å². The predicted molar refractivity (Wildman–Crippen MR) is 118 cm³/mol. The van der Waals surface area contributed by atoms with Crippen LogP contribution in [0.3, 0.4) is 0 Å². The van der Waals surface area contributed by atoms with Crippen LogP contribution in [0.1, 0.15) is 23.8 Å². The van der Waals surface area contributed by atoms with E-state index in [0.29, 0.717) is 19.6 Å². The number of nitrogens with zero attached hydrogens (tertiary/aromatic N) is 2. The Hall–Kier alpha value is -3.04. The molecular formula is C26H26N2O5. The van der Waals surface area contributed by atoms with Gasteiger partial charge in [0.25, 0.3) is 0 Å². The van der Waals surface area contributed by atoms with E-state index in [1.807, 2.05) is 72.8 Å². The molecule has 2 aromatic rings. The van der Waals surface area contributed by atoms with Crippen molar-refractivity contribution in [1.82, 2.24) is 0 Å². The first-order chi connectivity index (χ1) is 16.2. The summed E-state index contributed by atoms with van der Waals surface area (Å²) >= 11 is 0. The van der Waals surface area contributed by atoms with Crippen LogP contribution >= 0.6 is 0 Å². The van der Waals surface area contributed by atoms with Crippen molar-refractivity contribution in [1.29, 1.82) is 10.5 Å². The van der Waals surface area contributed by atoms with Crippen molar-refractivity contribution in [2.75, 3.05) is 13.7 Å². The van der Waals surface area contributed by atoms with Crippen molar-refractivity contribution in [3.63, 3.8) is 0 Å². The van der Waals surface area contributed by atoms with Gasteiger partial charge in [0.2, 0.25) is 0 Å². The predicted octanol–water partition coefficient (Wildman–Crippen LogP) is 4.04. The zero-order valence-electron chi connectivity index (χ0n) is 18.4. The van der Waals surface area contributed by atoms with Gasteiger partial charge in [0.15, 0.2) is 12.6 Å². The Morgan fingerprint density at radius 3 is 2.39 bits per heavy atom. The zero-order chi connectivity index (χ0) is 23.0. The van der Waals surface area contributed by atoms with E-state index in [2.05, 4.69) is 0 Å². The normalized spacial score (nSPS) is 28.7. The summed E-state index contributed by atoms with van der Waals surface area (Å²) in [5.41, 5.74) is 1.99. The van der Waals surface area contributed by atoms with Crippen LogP contribution in [0.4, 0.5) is 0 Å². The van der Waals surface area contributed by atoms with Gasteiger partial charge < -0.3 is 23.7 Å². The second-order valence-electron chi connectivity index (χ2n) is 7.96. The number of rotatable bonds is 7. The highest BCUT2D eigenvalue weighted by Gasteiger charge is 2.50. The van der Waals surface area contributed by atoms with E-state index in [1.54, 1.807) is 13.2 Å². The van der Waals surface area contributed by atoms with Crippen molar-refractivity contribution in [2.45, 2.75) is 43.9 Å². The number of ether oxygens (including phenoxy) is 5.